The number of benzene rings is 1. The third kappa shape index (κ3) is 4.38. The van der Waals surface area contributed by atoms with Gasteiger partial charge in [0.05, 0.1) is 0 Å². The largest absolute Gasteiger partial charge is 0.492 e. The Bertz CT molecular complexity index is 991. The number of hydrogen-bond acceptors (Lipinski definition) is 3. The first-order chi connectivity index (χ1) is 14.2. The van der Waals surface area contributed by atoms with Crippen LogP contribution in [0.5, 0.6) is 5.75 Å². The fraction of sp³-hybridized carbons (Fsp3) is 0.400. The smallest absolute Gasteiger partial charge is 0.137 e. The summed E-state index contributed by atoms with van der Waals surface area (Å²) in [5.41, 5.74) is 5.97. The lowest BCUT2D eigenvalue weighted by Gasteiger charge is -2.35. The van der Waals surface area contributed by atoms with E-state index in [0.29, 0.717) is 6.04 Å². The fourth-order valence-electron chi connectivity index (χ4n) is 4.39. The Labute approximate surface area is 173 Å². The van der Waals surface area contributed by atoms with Gasteiger partial charge in [-0.25, -0.2) is 4.98 Å². The molecule has 0 saturated carbocycles. The Morgan fingerprint density at radius 1 is 1.24 bits per heavy atom. The number of H-pyrrole nitrogens is 1. The van der Waals surface area contributed by atoms with E-state index in [1.807, 2.05) is 12.4 Å². The van der Waals surface area contributed by atoms with Crippen LogP contribution in [0.2, 0.25) is 0 Å². The van der Waals surface area contributed by atoms with Gasteiger partial charge in [-0.2, -0.15) is 0 Å². The number of ether oxygens (including phenoxy) is 1. The average molecular weight is 390 g/mol. The van der Waals surface area contributed by atoms with Gasteiger partial charge in [0.2, 0.25) is 0 Å². The maximum Gasteiger partial charge on any atom is 0.137 e. The summed E-state index contributed by atoms with van der Waals surface area (Å²) in [4.78, 5) is 10.2. The number of nitrogens with one attached hydrogen (secondary N) is 1. The number of likely N-dealkylation sites (tertiary alicyclic amines) is 1. The molecule has 1 aromatic carbocycles. The first-order valence-electron chi connectivity index (χ1n) is 10.7. The number of fused-ring (bicyclic) bond motifs is 1. The lowest BCUT2D eigenvalue weighted by molar-refractivity contribution is 0.0936. The van der Waals surface area contributed by atoms with Gasteiger partial charge in [-0.3, -0.25) is 4.90 Å². The van der Waals surface area contributed by atoms with Gasteiger partial charge in [0, 0.05) is 30.4 Å². The predicted molar refractivity (Wildman–Crippen MR) is 120 cm³/mol. The van der Waals surface area contributed by atoms with Crippen molar-refractivity contribution in [3.8, 4) is 5.75 Å². The van der Waals surface area contributed by atoms with Crippen molar-refractivity contribution in [2.24, 2.45) is 0 Å². The molecule has 152 valence electrons. The lowest BCUT2D eigenvalue weighted by Crippen LogP contribution is -2.42. The van der Waals surface area contributed by atoms with Crippen LogP contribution in [0, 0.1) is 0 Å². The molecule has 1 N–H and O–H groups in total. The molecule has 4 heteroatoms. The first kappa shape index (κ1) is 19.7. The van der Waals surface area contributed by atoms with Crippen molar-refractivity contribution < 1.29 is 4.74 Å². The predicted octanol–water partition coefficient (Wildman–Crippen LogP) is 5.59. The van der Waals surface area contributed by atoms with Crippen LogP contribution in [-0.2, 0) is 13.0 Å². The molecular weight excluding hydrogens is 358 g/mol. The van der Waals surface area contributed by atoms with Crippen LogP contribution in [0.3, 0.4) is 0 Å². The molecule has 0 bridgehead atoms. The monoisotopic (exact) mass is 389 g/mol. The van der Waals surface area contributed by atoms with Crippen LogP contribution < -0.4 is 4.74 Å². The van der Waals surface area contributed by atoms with E-state index in [0.717, 1.165) is 43.1 Å². The van der Waals surface area contributed by atoms with Crippen LogP contribution in [0.1, 0.15) is 49.8 Å². The van der Waals surface area contributed by atoms with Crippen molar-refractivity contribution in [1.29, 1.82) is 0 Å². The van der Waals surface area contributed by atoms with E-state index in [4.69, 9.17) is 4.74 Å². The zero-order chi connectivity index (χ0) is 20.2. The maximum absolute atomic E-state index is 6.27. The van der Waals surface area contributed by atoms with Gasteiger partial charge in [-0.1, -0.05) is 31.6 Å². The third-order valence-corrected chi connectivity index (χ3v) is 6.03. The molecule has 0 amide bonds. The normalized spacial score (nSPS) is 17.5. The molecule has 1 fully saturated rings. The minimum absolute atomic E-state index is 0.441. The van der Waals surface area contributed by atoms with Gasteiger partial charge >= 0.3 is 0 Å². The number of aromatic nitrogens is 2. The second-order valence-electron chi connectivity index (χ2n) is 8.09. The van der Waals surface area contributed by atoms with Crippen molar-refractivity contribution in [3.63, 3.8) is 0 Å². The van der Waals surface area contributed by atoms with Crippen molar-refractivity contribution >= 4 is 16.6 Å². The highest BCUT2D eigenvalue weighted by Crippen LogP contribution is 2.26. The Balaban J connectivity index is 1.46. The maximum atomic E-state index is 6.27. The molecule has 29 heavy (non-hydrogen) atoms. The van der Waals surface area contributed by atoms with Gasteiger partial charge < -0.3 is 9.72 Å². The Hall–Kier alpha value is -2.59. The molecule has 4 rings (SSSR count). The van der Waals surface area contributed by atoms with E-state index in [-0.39, 0.29) is 0 Å². The number of hydrogen-bond donors (Lipinski definition) is 1. The minimum Gasteiger partial charge on any atom is -0.492 e. The topological polar surface area (TPSA) is 41.1 Å². The van der Waals surface area contributed by atoms with Crippen LogP contribution in [0.15, 0.2) is 49.3 Å². The summed E-state index contributed by atoms with van der Waals surface area (Å²) >= 11 is 0. The summed E-state index contributed by atoms with van der Waals surface area (Å²) in [5.74, 6) is 0.967. The third-order valence-electron chi connectivity index (χ3n) is 6.03. The second-order valence-corrected chi connectivity index (χ2v) is 8.09. The van der Waals surface area contributed by atoms with Crippen LogP contribution in [0.25, 0.3) is 16.6 Å². The molecule has 4 nitrogen and oxygen atoms in total. The van der Waals surface area contributed by atoms with E-state index in [1.165, 1.54) is 41.3 Å². The summed E-state index contributed by atoms with van der Waals surface area (Å²) in [6.45, 7) is 11.1. The van der Waals surface area contributed by atoms with Crippen LogP contribution in [-0.4, -0.2) is 34.1 Å². The zero-order valence-electron chi connectivity index (χ0n) is 17.6. The van der Waals surface area contributed by atoms with Gasteiger partial charge in [0.1, 0.15) is 18.0 Å². The van der Waals surface area contributed by atoms with Gasteiger partial charge in [0.25, 0.3) is 0 Å². The number of rotatable bonds is 7. The lowest BCUT2D eigenvalue weighted by atomic mass is 9.99. The highest BCUT2D eigenvalue weighted by atomic mass is 16.5. The molecular formula is C25H31N3O. The fourth-order valence-corrected chi connectivity index (χ4v) is 4.39. The SMILES string of the molecule is C=C(C)c1ccc(OCC2CCCCN2Cc2ccnc3[nH]ccc23)cc1CC. The molecule has 1 atom stereocenters. The molecule has 0 aliphatic carbocycles. The number of nitrogens with zero attached hydrogens (tertiary/aromatic N) is 2. The summed E-state index contributed by atoms with van der Waals surface area (Å²) < 4.78 is 6.27. The van der Waals surface area contributed by atoms with Crippen LogP contribution in [0.4, 0.5) is 0 Å². The summed E-state index contributed by atoms with van der Waals surface area (Å²) in [6.07, 6.45) is 8.58. The van der Waals surface area contributed by atoms with E-state index < -0.39 is 0 Å². The summed E-state index contributed by atoms with van der Waals surface area (Å²) in [5, 5.41) is 1.22. The molecule has 2 aromatic heterocycles. The van der Waals surface area contributed by atoms with Crippen molar-refractivity contribution in [2.45, 2.75) is 52.1 Å². The quantitative estimate of drug-likeness (QED) is 0.572. The number of allylic oxidation sites excluding steroid dienone is 1. The van der Waals surface area contributed by atoms with Gasteiger partial charge in [-0.05, 0) is 73.7 Å². The molecule has 3 heterocycles. The molecule has 3 aromatic rings. The Morgan fingerprint density at radius 3 is 2.97 bits per heavy atom. The Morgan fingerprint density at radius 2 is 2.14 bits per heavy atom. The summed E-state index contributed by atoms with van der Waals surface area (Å²) in [6, 6.07) is 11.1. The molecule has 1 aliphatic heterocycles. The van der Waals surface area contributed by atoms with Gasteiger partial charge in [0.15, 0.2) is 0 Å². The van der Waals surface area contributed by atoms with Crippen molar-refractivity contribution in [3.05, 3.63) is 66.0 Å². The summed E-state index contributed by atoms with van der Waals surface area (Å²) in [7, 11) is 0. The molecule has 1 saturated heterocycles. The van der Waals surface area contributed by atoms with Crippen molar-refractivity contribution in [1.82, 2.24) is 14.9 Å². The minimum atomic E-state index is 0.441. The van der Waals surface area contributed by atoms with E-state index in [1.54, 1.807) is 0 Å². The van der Waals surface area contributed by atoms with E-state index >= 15 is 0 Å². The second kappa shape index (κ2) is 8.83. The van der Waals surface area contributed by atoms with Crippen LogP contribution >= 0.6 is 0 Å². The standard InChI is InChI=1S/C25H31N3O/c1-4-19-15-22(8-9-23(19)18(2)3)29-17-21-7-5-6-14-28(21)16-20-10-12-26-25-24(20)11-13-27-25/h8-13,15,21H,2,4-7,14,16-17H2,1,3H3,(H,26,27). The van der Waals surface area contributed by atoms with Gasteiger partial charge in [-0.15, -0.1) is 0 Å². The molecule has 0 spiro atoms. The first-order valence-corrected chi connectivity index (χ1v) is 10.7. The highest BCUT2D eigenvalue weighted by Gasteiger charge is 2.24. The van der Waals surface area contributed by atoms with E-state index in [9.17, 15) is 0 Å². The molecule has 1 aliphatic rings. The average Bonchev–Trinajstić information content (AvgIpc) is 3.22. The number of piperidine rings is 1. The van der Waals surface area contributed by atoms with E-state index in [2.05, 4.69) is 65.6 Å². The number of pyridine rings is 1. The Kier molecular flexibility index (Phi) is 6.00. The number of aromatic amines is 1. The highest BCUT2D eigenvalue weighted by molar-refractivity contribution is 5.79. The van der Waals surface area contributed by atoms with Crippen molar-refractivity contribution in [2.75, 3.05) is 13.2 Å². The number of aryl methyl sites for hydroxylation is 1. The molecule has 0 radical (unpaired) electrons. The zero-order valence-corrected chi connectivity index (χ0v) is 17.6. The molecule has 1 unspecified atom stereocenters.